The average molecular weight is 308 g/mol. The highest BCUT2D eigenvalue weighted by Gasteiger charge is 2.39. The lowest BCUT2D eigenvalue weighted by atomic mass is 10.0. The number of halogens is 1. The fourth-order valence-electron chi connectivity index (χ4n) is 2.59. The molecule has 0 bridgehead atoms. The van der Waals surface area contributed by atoms with E-state index in [0.717, 1.165) is 0 Å². The van der Waals surface area contributed by atoms with Gasteiger partial charge in [0.15, 0.2) is 5.60 Å². The molecule has 0 spiro atoms. The van der Waals surface area contributed by atoms with Crippen LogP contribution in [0.5, 0.6) is 0 Å². The normalized spacial score (nSPS) is 21.5. The van der Waals surface area contributed by atoms with E-state index in [1.165, 1.54) is 13.1 Å². The van der Waals surface area contributed by atoms with Gasteiger partial charge in [-0.15, -0.1) is 0 Å². The van der Waals surface area contributed by atoms with E-state index in [-0.39, 0.29) is 30.6 Å². The highest BCUT2D eigenvalue weighted by atomic mass is 19.1. The van der Waals surface area contributed by atoms with Crippen molar-refractivity contribution < 1.29 is 18.7 Å². The number of carbonyl (C=O) groups excluding carboxylic acids is 2. The van der Waals surface area contributed by atoms with Crippen molar-refractivity contribution in [1.82, 2.24) is 10.2 Å². The van der Waals surface area contributed by atoms with Gasteiger partial charge in [-0.1, -0.05) is 18.2 Å². The summed E-state index contributed by atoms with van der Waals surface area (Å²) in [5.41, 5.74) is -0.501. The molecule has 22 heavy (non-hydrogen) atoms. The van der Waals surface area contributed by atoms with Crippen LogP contribution in [-0.4, -0.2) is 49.1 Å². The lowest BCUT2D eigenvalue weighted by Gasteiger charge is -2.39. The highest BCUT2D eigenvalue weighted by Crippen LogP contribution is 2.19. The number of amides is 2. The first-order chi connectivity index (χ1) is 10.5. The molecule has 1 aromatic rings. The summed E-state index contributed by atoms with van der Waals surface area (Å²) in [4.78, 5) is 25.8. The van der Waals surface area contributed by atoms with E-state index in [4.69, 9.17) is 4.74 Å². The quantitative estimate of drug-likeness (QED) is 0.907. The number of likely N-dealkylation sites (N-methyl/N-ethyl adjacent to an activating group) is 1. The lowest BCUT2D eigenvalue weighted by molar-refractivity contribution is -0.162. The van der Waals surface area contributed by atoms with Crippen molar-refractivity contribution in [2.24, 2.45) is 0 Å². The molecule has 2 amide bonds. The second kappa shape index (κ2) is 6.87. The summed E-state index contributed by atoms with van der Waals surface area (Å²) in [5, 5.41) is 2.55. The molecule has 0 saturated carbocycles. The Bertz CT molecular complexity index is 564. The van der Waals surface area contributed by atoms with Crippen LogP contribution in [0.1, 0.15) is 18.9 Å². The van der Waals surface area contributed by atoms with Gasteiger partial charge in [0.1, 0.15) is 5.82 Å². The Morgan fingerprint density at radius 1 is 1.41 bits per heavy atom. The van der Waals surface area contributed by atoms with Crippen molar-refractivity contribution in [1.29, 1.82) is 0 Å². The van der Waals surface area contributed by atoms with Crippen LogP contribution >= 0.6 is 0 Å². The van der Waals surface area contributed by atoms with Crippen molar-refractivity contribution in [3.8, 4) is 0 Å². The Morgan fingerprint density at radius 2 is 2.14 bits per heavy atom. The van der Waals surface area contributed by atoms with E-state index in [1.807, 2.05) is 0 Å². The number of hydrogen-bond donors (Lipinski definition) is 1. The predicted molar refractivity (Wildman–Crippen MR) is 79.7 cm³/mol. The fraction of sp³-hybridized carbons (Fsp3) is 0.500. The molecule has 1 heterocycles. The Kier molecular flexibility index (Phi) is 5.13. The first-order valence-corrected chi connectivity index (χ1v) is 7.33. The van der Waals surface area contributed by atoms with Crippen LogP contribution in [0, 0.1) is 5.82 Å². The van der Waals surface area contributed by atoms with Crippen molar-refractivity contribution in [2.75, 3.05) is 26.7 Å². The van der Waals surface area contributed by atoms with E-state index >= 15 is 0 Å². The molecule has 120 valence electrons. The van der Waals surface area contributed by atoms with Gasteiger partial charge in [0, 0.05) is 20.0 Å². The Labute approximate surface area is 129 Å². The van der Waals surface area contributed by atoms with Gasteiger partial charge in [-0.25, -0.2) is 4.39 Å². The maximum Gasteiger partial charge on any atom is 0.253 e. The maximum atomic E-state index is 13.6. The molecule has 1 aromatic carbocycles. The molecule has 0 radical (unpaired) electrons. The van der Waals surface area contributed by atoms with Gasteiger partial charge in [-0.3, -0.25) is 9.59 Å². The van der Waals surface area contributed by atoms with Crippen LogP contribution in [0.3, 0.4) is 0 Å². The minimum absolute atomic E-state index is 0.0957. The molecule has 1 aliphatic rings. The Hall–Kier alpha value is -1.95. The van der Waals surface area contributed by atoms with Crippen LogP contribution in [-0.2, 0) is 20.7 Å². The zero-order valence-electron chi connectivity index (χ0n) is 12.9. The second-order valence-corrected chi connectivity index (χ2v) is 5.57. The number of aryl methyl sites for hydroxylation is 1. The van der Waals surface area contributed by atoms with E-state index in [1.54, 1.807) is 30.0 Å². The van der Waals surface area contributed by atoms with Crippen LogP contribution in [0.15, 0.2) is 24.3 Å². The largest absolute Gasteiger partial charge is 0.362 e. The molecule has 0 aromatic heterocycles. The minimum Gasteiger partial charge on any atom is -0.362 e. The van der Waals surface area contributed by atoms with Crippen molar-refractivity contribution in [3.63, 3.8) is 0 Å². The maximum absolute atomic E-state index is 13.6. The summed E-state index contributed by atoms with van der Waals surface area (Å²) in [6, 6.07) is 6.44. The van der Waals surface area contributed by atoms with Crippen molar-refractivity contribution in [2.45, 2.75) is 25.4 Å². The topological polar surface area (TPSA) is 58.6 Å². The number of hydrogen-bond acceptors (Lipinski definition) is 3. The third-order valence-electron chi connectivity index (χ3n) is 3.90. The molecule has 1 aliphatic heterocycles. The monoisotopic (exact) mass is 308 g/mol. The highest BCUT2D eigenvalue weighted by molar-refractivity contribution is 5.86. The number of nitrogens with one attached hydrogen (secondary N) is 1. The Balaban J connectivity index is 1.95. The predicted octanol–water partition coefficient (Wildman–Crippen LogP) is 1.12. The van der Waals surface area contributed by atoms with Crippen molar-refractivity contribution >= 4 is 11.8 Å². The molecule has 0 aliphatic carbocycles. The Morgan fingerprint density at radius 3 is 2.82 bits per heavy atom. The molecule has 1 N–H and O–H groups in total. The van der Waals surface area contributed by atoms with Gasteiger partial charge in [0.2, 0.25) is 5.91 Å². The molecule has 0 unspecified atom stereocenters. The molecular weight excluding hydrogens is 287 g/mol. The number of nitrogens with zero attached hydrogens (tertiary/aromatic N) is 1. The number of ether oxygens (including phenoxy) is 1. The van der Waals surface area contributed by atoms with Gasteiger partial charge in [-0.05, 0) is 25.0 Å². The third kappa shape index (κ3) is 3.62. The SMILES string of the molecule is CNC(=O)[C@]1(C)CN(C(=O)CCc2ccccc2F)CCO1. The van der Waals surface area contributed by atoms with E-state index in [0.29, 0.717) is 25.1 Å². The van der Waals surface area contributed by atoms with Gasteiger partial charge >= 0.3 is 0 Å². The van der Waals surface area contributed by atoms with Crippen molar-refractivity contribution in [3.05, 3.63) is 35.6 Å². The standard InChI is InChI=1S/C16H21FN2O3/c1-16(15(21)18-2)11-19(9-10-22-16)14(20)8-7-12-5-3-4-6-13(12)17/h3-6H,7-11H2,1-2H3,(H,18,21)/t16-/m0/s1. The van der Waals surface area contributed by atoms with Crippen LogP contribution < -0.4 is 5.32 Å². The molecule has 1 fully saturated rings. The molecular formula is C16H21FN2O3. The van der Waals surface area contributed by atoms with Crippen LogP contribution in [0.2, 0.25) is 0 Å². The first kappa shape index (κ1) is 16.4. The van der Waals surface area contributed by atoms with E-state index in [9.17, 15) is 14.0 Å². The van der Waals surface area contributed by atoms with Gasteiger partial charge in [0.25, 0.3) is 5.91 Å². The lowest BCUT2D eigenvalue weighted by Crippen LogP contribution is -2.58. The molecule has 6 heteroatoms. The number of benzene rings is 1. The third-order valence-corrected chi connectivity index (χ3v) is 3.90. The zero-order valence-corrected chi connectivity index (χ0v) is 12.9. The molecule has 1 atom stereocenters. The number of morpholine rings is 1. The zero-order chi connectivity index (χ0) is 16.2. The molecule has 1 saturated heterocycles. The summed E-state index contributed by atoms with van der Waals surface area (Å²) in [6.07, 6.45) is 0.560. The van der Waals surface area contributed by atoms with Gasteiger partial charge in [-0.2, -0.15) is 0 Å². The van der Waals surface area contributed by atoms with Gasteiger partial charge in [0.05, 0.1) is 13.2 Å². The number of rotatable bonds is 4. The average Bonchev–Trinajstić information content (AvgIpc) is 2.53. The smallest absolute Gasteiger partial charge is 0.253 e. The minimum atomic E-state index is -1.03. The first-order valence-electron chi connectivity index (χ1n) is 7.33. The molecule has 5 nitrogen and oxygen atoms in total. The van der Waals surface area contributed by atoms with Crippen LogP contribution in [0.4, 0.5) is 4.39 Å². The fourth-order valence-corrected chi connectivity index (χ4v) is 2.59. The summed E-state index contributed by atoms with van der Waals surface area (Å²) in [6.45, 7) is 2.64. The summed E-state index contributed by atoms with van der Waals surface area (Å²) in [5.74, 6) is -0.645. The summed E-state index contributed by atoms with van der Waals surface area (Å²) >= 11 is 0. The number of carbonyl (C=O) groups is 2. The van der Waals surface area contributed by atoms with E-state index in [2.05, 4.69) is 5.32 Å². The van der Waals surface area contributed by atoms with Gasteiger partial charge < -0.3 is 15.0 Å². The van der Waals surface area contributed by atoms with E-state index < -0.39 is 5.60 Å². The second-order valence-electron chi connectivity index (χ2n) is 5.57. The van der Waals surface area contributed by atoms with Crippen LogP contribution in [0.25, 0.3) is 0 Å². The summed E-state index contributed by atoms with van der Waals surface area (Å²) in [7, 11) is 1.54. The summed E-state index contributed by atoms with van der Waals surface area (Å²) < 4.78 is 19.1. The molecule has 2 rings (SSSR count).